The molecule has 1 aromatic carbocycles. The zero-order valence-electron chi connectivity index (χ0n) is 10.1. The highest BCUT2D eigenvalue weighted by Crippen LogP contribution is 2.20. The van der Waals surface area contributed by atoms with E-state index in [1.807, 2.05) is 24.3 Å². The Morgan fingerprint density at radius 3 is 2.78 bits per heavy atom. The number of methoxy groups -OCH3 is 1. The number of nitrogens with one attached hydrogen (secondary N) is 2. The molecule has 18 heavy (non-hydrogen) atoms. The molecule has 1 aromatic heterocycles. The van der Waals surface area contributed by atoms with Gasteiger partial charge in [-0.1, -0.05) is 18.2 Å². The van der Waals surface area contributed by atoms with Crippen molar-refractivity contribution in [3.63, 3.8) is 0 Å². The molecular formula is C12H15N5O. The molecule has 0 aliphatic heterocycles. The predicted octanol–water partition coefficient (Wildman–Crippen LogP) is 1.65. The van der Waals surface area contributed by atoms with E-state index in [2.05, 4.69) is 20.7 Å². The lowest BCUT2D eigenvalue weighted by Crippen LogP contribution is -2.09. The second-order valence-corrected chi connectivity index (χ2v) is 3.65. The summed E-state index contributed by atoms with van der Waals surface area (Å²) >= 11 is 0. The van der Waals surface area contributed by atoms with Gasteiger partial charge in [-0.25, -0.2) is 15.8 Å². The van der Waals surface area contributed by atoms with Gasteiger partial charge in [0.2, 0.25) is 0 Å². The Morgan fingerprint density at radius 1 is 1.22 bits per heavy atom. The molecule has 0 radical (unpaired) electrons. The van der Waals surface area contributed by atoms with Gasteiger partial charge < -0.3 is 15.5 Å². The minimum atomic E-state index is 0.538. The quantitative estimate of drug-likeness (QED) is 0.548. The van der Waals surface area contributed by atoms with Gasteiger partial charge in [-0.3, -0.25) is 0 Å². The summed E-state index contributed by atoms with van der Waals surface area (Å²) in [4.78, 5) is 8.07. The number of hydrogen-bond donors (Lipinski definition) is 3. The first-order valence-corrected chi connectivity index (χ1v) is 5.46. The average Bonchev–Trinajstić information content (AvgIpc) is 2.41. The van der Waals surface area contributed by atoms with Crippen LogP contribution in [0.3, 0.4) is 0 Å². The summed E-state index contributed by atoms with van der Waals surface area (Å²) in [6, 6.07) is 9.60. The minimum absolute atomic E-state index is 0.538. The molecule has 0 spiro atoms. The van der Waals surface area contributed by atoms with Crippen LogP contribution in [0, 0.1) is 0 Å². The number of nitrogens with two attached hydrogens (primary N) is 1. The lowest BCUT2D eigenvalue weighted by molar-refractivity contribution is 0.185. The molecule has 0 atom stereocenters. The maximum Gasteiger partial charge on any atom is 0.145 e. The van der Waals surface area contributed by atoms with Gasteiger partial charge in [-0.05, 0) is 6.07 Å². The molecular weight excluding hydrogens is 230 g/mol. The van der Waals surface area contributed by atoms with E-state index in [-0.39, 0.29) is 0 Å². The predicted molar refractivity (Wildman–Crippen MR) is 70.3 cm³/mol. The second-order valence-electron chi connectivity index (χ2n) is 3.65. The van der Waals surface area contributed by atoms with Crippen molar-refractivity contribution in [1.29, 1.82) is 0 Å². The molecule has 0 fully saturated rings. The van der Waals surface area contributed by atoms with E-state index in [4.69, 9.17) is 10.6 Å². The van der Waals surface area contributed by atoms with E-state index in [0.29, 0.717) is 18.2 Å². The van der Waals surface area contributed by atoms with Gasteiger partial charge in [0.15, 0.2) is 0 Å². The highest BCUT2D eigenvalue weighted by Gasteiger charge is 2.03. The van der Waals surface area contributed by atoms with Crippen LogP contribution in [0.5, 0.6) is 0 Å². The van der Waals surface area contributed by atoms with Crippen molar-refractivity contribution in [3.8, 4) is 0 Å². The topological polar surface area (TPSA) is 85.1 Å². The highest BCUT2D eigenvalue weighted by molar-refractivity contribution is 5.62. The SMILES string of the molecule is COCc1ccccc1Nc1cc(NN)ncn1. The Hall–Kier alpha value is -2.18. The largest absolute Gasteiger partial charge is 0.380 e. The molecule has 94 valence electrons. The summed E-state index contributed by atoms with van der Waals surface area (Å²) in [6.07, 6.45) is 1.44. The molecule has 6 nitrogen and oxygen atoms in total. The third-order valence-electron chi connectivity index (χ3n) is 2.39. The van der Waals surface area contributed by atoms with Crippen LogP contribution in [0.15, 0.2) is 36.7 Å². The van der Waals surface area contributed by atoms with E-state index in [1.54, 1.807) is 13.2 Å². The van der Waals surface area contributed by atoms with Crippen LogP contribution in [-0.2, 0) is 11.3 Å². The maximum atomic E-state index is 5.30. The number of hydrazine groups is 1. The molecule has 0 unspecified atom stereocenters. The minimum Gasteiger partial charge on any atom is -0.380 e. The molecule has 0 amide bonds. The van der Waals surface area contributed by atoms with E-state index < -0.39 is 0 Å². The summed E-state index contributed by atoms with van der Waals surface area (Å²) in [7, 11) is 1.66. The van der Waals surface area contributed by atoms with Gasteiger partial charge in [-0.2, -0.15) is 0 Å². The number of anilines is 3. The van der Waals surface area contributed by atoms with Crippen LogP contribution in [-0.4, -0.2) is 17.1 Å². The number of benzene rings is 1. The van der Waals surface area contributed by atoms with Crippen molar-refractivity contribution in [2.45, 2.75) is 6.61 Å². The molecule has 2 aromatic rings. The first kappa shape index (κ1) is 12.3. The Balaban J connectivity index is 2.22. The van der Waals surface area contributed by atoms with Gasteiger partial charge in [0.05, 0.1) is 6.61 Å². The number of rotatable bonds is 5. The van der Waals surface area contributed by atoms with Crippen LogP contribution >= 0.6 is 0 Å². The highest BCUT2D eigenvalue weighted by atomic mass is 16.5. The van der Waals surface area contributed by atoms with Crippen molar-refractivity contribution in [2.75, 3.05) is 17.9 Å². The van der Waals surface area contributed by atoms with Gasteiger partial charge in [-0.15, -0.1) is 0 Å². The second kappa shape index (κ2) is 5.95. The maximum absolute atomic E-state index is 5.30. The molecule has 6 heteroatoms. The van der Waals surface area contributed by atoms with E-state index in [1.165, 1.54) is 6.33 Å². The lowest BCUT2D eigenvalue weighted by Gasteiger charge is -2.11. The fourth-order valence-corrected chi connectivity index (χ4v) is 1.57. The third kappa shape index (κ3) is 2.93. The number of aromatic nitrogens is 2. The summed E-state index contributed by atoms with van der Waals surface area (Å²) < 4.78 is 5.15. The van der Waals surface area contributed by atoms with Crippen molar-refractivity contribution in [2.24, 2.45) is 5.84 Å². The average molecular weight is 245 g/mol. The van der Waals surface area contributed by atoms with Gasteiger partial charge in [0.1, 0.15) is 18.0 Å². The fourth-order valence-electron chi connectivity index (χ4n) is 1.57. The summed E-state index contributed by atoms with van der Waals surface area (Å²) in [5.41, 5.74) is 4.48. The molecule has 2 rings (SSSR count). The van der Waals surface area contributed by atoms with Gasteiger partial charge >= 0.3 is 0 Å². The van der Waals surface area contributed by atoms with Crippen LogP contribution in [0.25, 0.3) is 0 Å². The zero-order chi connectivity index (χ0) is 12.8. The molecule has 4 N–H and O–H groups in total. The Morgan fingerprint density at radius 2 is 2.00 bits per heavy atom. The lowest BCUT2D eigenvalue weighted by atomic mass is 10.2. The molecule has 0 bridgehead atoms. The van der Waals surface area contributed by atoms with E-state index in [9.17, 15) is 0 Å². The van der Waals surface area contributed by atoms with Crippen LogP contribution in [0.2, 0.25) is 0 Å². The molecule has 0 aliphatic rings. The van der Waals surface area contributed by atoms with E-state index in [0.717, 1.165) is 11.3 Å². The van der Waals surface area contributed by atoms with Crippen molar-refractivity contribution in [3.05, 3.63) is 42.2 Å². The Kier molecular flexibility index (Phi) is 4.06. The summed E-state index contributed by atoms with van der Waals surface area (Å²) in [5.74, 6) is 6.52. The molecule has 0 saturated carbocycles. The first-order valence-electron chi connectivity index (χ1n) is 5.46. The Bertz CT molecular complexity index is 517. The standard InChI is InChI=1S/C12H15N5O/c1-18-7-9-4-2-3-5-10(9)16-11-6-12(17-13)15-8-14-11/h2-6,8H,7,13H2,1H3,(H2,14,15,16,17). The summed E-state index contributed by atoms with van der Waals surface area (Å²) in [5, 5.41) is 3.21. The number of hydrogen-bond acceptors (Lipinski definition) is 6. The number of nitrogens with zero attached hydrogens (tertiary/aromatic N) is 2. The van der Waals surface area contributed by atoms with Crippen molar-refractivity contribution >= 4 is 17.3 Å². The summed E-state index contributed by atoms with van der Waals surface area (Å²) in [6.45, 7) is 0.538. The number of para-hydroxylation sites is 1. The van der Waals surface area contributed by atoms with Gasteiger partial charge in [0.25, 0.3) is 0 Å². The van der Waals surface area contributed by atoms with Gasteiger partial charge in [0, 0.05) is 24.4 Å². The normalized spacial score (nSPS) is 10.1. The number of nitrogen functional groups attached to an aromatic ring is 1. The van der Waals surface area contributed by atoms with E-state index >= 15 is 0 Å². The zero-order valence-corrected chi connectivity index (χ0v) is 10.1. The first-order chi connectivity index (χ1) is 8.83. The van der Waals surface area contributed by atoms with Crippen LogP contribution in [0.1, 0.15) is 5.56 Å². The smallest absolute Gasteiger partial charge is 0.145 e. The molecule has 0 saturated heterocycles. The third-order valence-corrected chi connectivity index (χ3v) is 2.39. The fraction of sp³-hybridized carbons (Fsp3) is 0.167. The molecule has 0 aliphatic carbocycles. The van der Waals surface area contributed by atoms with Crippen LogP contribution < -0.4 is 16.6 Å². The molecule has 1 heterocycles. The number of ether oxygens (including phenoxy) is 1. The van der Waals surface area contributed by atoms with Crippen molar-refractivity contribution < 1.29 is 4.74 Å². The monoisotopic (exact) mass is 245 g/mol. The van der Waals surface area contributed by atoms with Crippen molar-refractivity contribution in [1.82, 2.24) is 9.97 Å². The Labute approximate surface area is 105 Å². The van der Waals surface area contributed by atoms with Crippen LogP contribution in [0.4, 0.5) is 17.3 Å².